The lowest BCUT2D eigenvalue weighted by Crippen LogP contribution is -2.28. The first-order valence-corrected chi connectivity index (χ1v) is 5.01. The standard InChI is InChI=1S/C10H11F4N3O/c11-5-4(10(18)17-3-1-2-15)6(12)8(14)9(16)7(5)13/h1-3,15-16H2,(H,17,18). The van der Waals surface area contributed by atoms with Crippen LogP contribution in [0.25, 0.3) is 0 Å². The van der Waals surface area contributed by atoms with Crippen molar-refractivity contribution in [3.05, 3.63) is 28.8 Å². The van der Waals surface area contributed by atoms with Gasteiger partial charge in [-0.15, -0.1) is 0 Å². The summed E-state index contributed by atoms with van der Waals surface area (Å²) in [7, 11) is 0. The first-order valence-electron chi connectivity index (χ1n) is 5.01. The van der Waals surface area contributed by atoms with Gasteiger partial charge in [-0.1, -0.05) is 0 Å². The highest BCUT2D eigenvalue weighted by Crippen LogP contribution is 2.25. The van der Waals surface area contributed by atoms with Gasteiger partial charge in [0.2, 0.25) is 0 Å². The highest BCUT2D eigenvalue weighted by molar-refractivity contribution is 5.95. The van der Waals surface area contributed by atoms with Gasteiger partial charge in [-0.25, -0.2) is 17.6 Å². The Balaban J connectivity index is 3.13. The predicted molar refractivity (Wildman–Crippen MR) is 56.7 cm³/mol. The molecule has 18 heavy (non-hydrogen) atoms. The molecule has 0 atom stereocenters. The first kappa shape index (κ1) is 14.2. The molecule has 0 saturated carbocycles. The lowest BCUT2D eigenvalue weighted by atomic mass is 10.1. The van der Waals surface area contributed by atoms with E-state index in [2.05, 4.69) is 5.32 Å². The first-order chi connectivity index (χ1) is 8.41. The second-order valence-corrected chi connectivity index (χ2v) is 3.44. The molecular weight excluding hydrogens is 254 g/mol. The molecule has 0 heterocycles. The molecule has 0 unspecified atom stereocenters. The molecule has 0 aliphatic rings. The normalized spacial score (nSPS) is 10.5. The molecule has 1 rings (SSSR count). The van der Waals surface area contributed by atoms with E-state index >= 15 is 0 Å². The van der Waals surface area contributed by atoms with Gasteiger partial charge in [0.25, 0.3) is 5.91 Å². The fourth-order valence-electron chi connectivity index (χ4n) is 1.24. The summed E-state index contributed by atoms with van der Waals surface area (Å²) in [5.74, 6) is -8.50. The number of nitrogen functional groups attached to an aromatic ring is 1. The average molecular weight is 265 g/mol. The summed E-state index contributed by atoms with van der Waals surface area (Å²) in [5.41, 5.74) is 7.30. The maximum absolute atomic E-state index is 13.3. The van der Waals surface area contributed by atoms with Crippen LogP contribution in [0.5, 0.6) is 0 Å². The van der Waals surface area contributed by atoms with Crippen LogP contribution in [0.1, 0.15) is 16.8 Å². The summed E-state index contributed by atoms with van der Waals surface area (Å²) >= 11 is 0. The quantitative estimate of drug-likeness (QED) is 0.327. The maximum Gasteiger partial charge on any atom is 0.257 e. The van der Waals surface area contributed by atoms with Gasteiger partial charge in [-0.05, 0) is 13.0 Å². The number of anilines is 1. The van der Waals surface area contributed by atoms with E-state index in [1.165, 1.54) is 0 Å². The average Bonchev–Trinajstić information content (AvgIpc) is 2.34. The Morgan fingerprint density at radius 2 is 1.56 bits per heavy atom. The van der Waals surface area contributed by atoms with Gasteiger partial charge in [0.05, 0.1) is 0 Å². The molecule has 0 saturated heterocycles. The van der Waals surface area contributed by atoms with Crippen molar-refractivity contribution in [1.82, 2.24) is 5.32 Å². The highest BCUT2D eigenvalue weighted by Gasteiger charge is 2.27. The van der Waals surface area contributed by atoms with E-state index in [0.717, 1.165) is 0 Å². The van der Waals surface area contributed by atoms with Crippen LogP contribution in [-0.4, -0.2) is 19.0 Å². The number of hydrogen-bond acceptors (Lipinski definition) is 3. The Morgan fingerprint density at radius 1 is 1.06 bits per heavy atom. The molecule has 0 fully saturated rings. The lowest BCUT2D eigenvalue weighted by molar-refractivity contribution is 0.0942. The number of benzene rings is 1. The molecule has 0 bridgehead atoms. The molecule has 1 aromatic carbocycles. The topological polar surface area (TPSA) is 81.1 Å². The second kappa shape index (κ2) is 5.67. The van der Waals surface area contributed by atoms with Gasteiger partial charge in [0, 0.05) is 6.54 Å². The summed E-state index contributed by atoms with van der Waals surface area (Å²) in [5, 5.41) is 2.08. The molecule has 0 spiro atoms. The van der Waals surface area contributed by atoms with Crippen LogP contribution in [0.2, 0.25) is 0 Å². The molecule has 5 N–H and O–H groups in total. The van der Waals surface area contributed by atoms with Gasteiger partial charge >= 0.3 is 0 Å². The van der Waals surface area contributed by atoms with Crippen LogP contribution in [0.3, 0.4) is 0 Å². The van der Waals surface area contributed by atoms with E-state index in [4.69, 9.17) is 11.5 Å². The fraction of sp³-hybridized carbons (Fsp3) is 0.300. The highest BCUT2D eigenvalue weighted by atomic mass is 19.2. The molecule has 8 heteroatoms. The third-order valence-electron chi connectivity index (χ3n) is 2.19. The number of halogens is 4. The predicted octanol–water partition coefficient (Wildman–Crippen LogP) is 0.904. The van der Waals surface area contributed by atoms with E-state index in [1.807, 2.05) is 0 Å². The third kappa shape index (κ3) is 2.53. The minimum atomic E-state index is -1.82. The van der Waals surface area contributed by atoms with Crippen LogP contribution < -0.4 is 16.8 Å². The largest absolute Gasteiger partial charge is 0.394 e. The van der Waals surface area contributed by atoms with E-state index < -0.39 is 40.4 Å². The molecule has 4 nitrogen and oxygen atoms in total. The Kier molecular flexibility index (Phi) is 4.49. The number of carbonyl (C=O) groups excluding carboxylic acids is 1. The van der Waals surface area contributed by atoms with Gasteiger partial charge in [-0.2, -0.15) is 0 Å². The van der Waals surface area contributed by atoms with Gasteiger partial charge < -0.3 is 16.8 Å². The summed E-state index contributed by atoms with van der Waals surface area (Å²) in [6, 6.07) is 0. The number of nitrogens with one attached hydrogen (secondary N) is 1. The van der Waals surface area contributed by atoms with Crippen molar-refractivity contribution in [1.29, 1.82) is 0 Å². The van der Waals surface area contributed by atoms with Crippen molar-refractivity contribution in [2.75, 3.05) is 18.8 Å². The number of carbonyl (C=O) groups is 1. The number of hydrogen-bond donors (Lipinski definition) is 3. The molecule has 0 aliphatic carbocycles. The SMILES string of the molecule is NCCCNC(=O)c1c(F)c(F)c(N)c(F)c1F. The van der Waals surface area contributed by atoms with E-state index in [-0.39, 0.29) is 13.1 Å². The molecule has 1 aromatic rings. The Hall–Kier alpha value is -1.83. The Bertz CT molecular complexity index is 450. The van der Waals surface area contributed by atoms with Crippen LogP contribution in [0, 0.1) is 23.3 Å². The minimum Gasteiger partial charge on any atom is -0.394 e. The second-order valence-electron chi connectivity index (χ2n) is 3.44. The van der Waals surface area contributed by atoms with Crippen LogP contribution in [-0.2, 0) is 0 Å². The molecule has 0 aromatic heterocycles. The lowest BCUT2D eigenvalue weighted by Gasteiger charge is -2.09. The summed E-state index contributed by atoms with van der Waals surface area (Å²) < 4.78 is 52.8. The van der Waals surface area contributed by atoms with Crippen LogP contribution in [0.15, 0.2) is 0 Å². The van der Waals surface area contributed by atoms with Gasteiger partial charge in [-0.3, -0.25) is 4.79 Å². The summed E-state index contributed by atoms with van der Waals surface area (Å²) in [4.78, 5) is 11.4. The number of nitrogens with two attached hydrogens (primary N) is 2. The van der Waals surface area contributed by atoms with E-state index in [9.17, 15) is 22.4 Å². The monoisotopic (exact) mass is 265 g/mol. The number of amides is 1. The summed E-state index contributed by atoms with van der Waals surface area (Å²) in [6.45, 7) is 0.275. The smallest absolute Gasteiger partial charge is 0.257 e. The zero-order valence-electron chi connectivity index (χ0n) is 9.20. The van der Waals surface area contributed by atoms with Crippen molar-refractivity contribution >= 4 is 11.6 Å². The Morgan fingerprint density at radius 3 is 2.00 bits per heavy atom. The zero-order valence-corrected chi connectivity index (χ0v) is 9.20. The maximum atomic E-state index is 13.3. The van der Waals surface area contributed by atoms with Crippen molar-refractivity contribution in [3.8, 4) is 0 Å². The van der Waals surface area contributed by atoms with Gasteiger partial charge in [0.15, 0.2) is 23.3 Å². The fourth-order valence-corrected chi connectivity index (χ4v) is 1.24. The zero-order chi connectivity index (χ0) is 13.9. The van der Waals surface area contributed by atoms with Crippen molar-refractivity contribution < 1.29 is 22.4 Å². The van der Waals surface area contributed by atoms with Crippen molar-refractivity contribution in [2.45, 2.75) is 6.42 Å². The van der Waals surface area contributed by atoms with E-state index in [1.54, 1.807) is 0 Å². The van der Waals surface area contributed by atoms with Gasteiger partial charge in [0.1, 0.15) is 11.3 Å². The van der Waals surface area contributed by atoms with Crippen LogP contribution in [0.4, 0.5) is 23.2 Å². The minimum absolute atomic E-state index is 0.0296. The molecule has 100 valence electrons. The summed E-state index contributed by atoms with van der Waals surface area (Å²) in [6.07, 6.45) is 0.356. The van der Waals surface area contributed by atoms with E-state index in [0.29, 0.717) is 6.42 Å². The third-order valence-corrected chi connectivity index (χ3v) is 2.19. The van der Waals surface area contributed by atoms with Crippen molar-refractivity contribution in [3.63, 3.8) is 0 Å². The molecular formula is C10H11F4N3O. The molecule has 0 radical (unpaired) electrons. The van der Waals surface area contributed by atoms with Crippen LogP contribution >= 0.6 is 0 Å². The number of rotatable bonds is 4. The Labute approximate surface area is 99.9 Å². The van der Waals surface area contributed by atoms with Crippen molar-refractivity contribution in [2.24, 2.45) is 5.73 Å². The molecule has 0 aliphatic heterocycles. The molecule has 1 amide bonds.